The lowest BCUT2D eigenvalue weighted by atomic mass is 9.86. The largest absolute Gasteiger partial charge is 0.456 e. The molecule has 25 heavy (non-hydrogen) atoms. The van der Waals surface area contributed by atoms with Gasteiger partial charge in [0.1, 0.15) is 5.75 Å². The normalized spacial score (nSPS) is 24.4. The smallest absolute Gasteiger partial charge is 0.387 e. The molecule has 1 N–H and O–H groups in total. The molecule has 1 aromatic rings. The Hall–Kier alpha value is -2.18. The Morgan fingerprint density at radius 2 is 2.00 bits per heavy atom. The van der Waals surface area contributed by atoms with Crippen molar-refractivity contribution in [1.82, 2.24) is 0 Å². The highest BCUT2D eigenvalue weighted by Crippen LogP contribution is 2.49. The van der Waals surface area contributed by atoms with E-state index < -0.39 is 19.1 Å². The van der Waals surface area contributed by atoms with Crippen molar-refractivity contribution in [2.45, 2.75) is 38.7 Å². The number of alkyl halides is 2. The number of ether oxygens (including phenoxy) is 2. The standard InChI is InChI=1S/C18H21F2NO4/c19-18(20)25-15-4-2-1-3-14(15)21-16(22)10-24-17(23)9-13-8-11-5-6-12(13)7-11/h1-4,11-13,18H,5-10H2,(H,21,22)/t11-,12-,13+/m1/s1. The first-order chi connectivity index (χ1) is 12.0. The topological polar surface area (TPSA) is 64.6 Å². The van der Waals surface area contributed by atoms with Gasteiger partial charge >= 0.3 is 12.6 Å². The van der Waals surface area contributed by atoms with Crippen LogP contribution in [-0.2, 0) is 14.3 Å². The van der Waals surface area contributed by atoms with Crippen molar-refractivity contribution in [2.75, 3.05) is 11.9 Å². The Kier molecular flexibility index (Phi) is 5.50. The first-order valence-corrected chi connectivity index (χ1v) is 8.50. The maximum absolute atomic E-state index is 12.3. The molecule has 136 valence electrons. The van der Waals surface area contributed by atoms with Gasteiger partial charge in [-0.2, -0.15) is 8.78 Å². The summed E-state index contributed by atoms with van der Waals surface area (Å²) in [4.78, 5) is 23.8. The molecule has 0 heterocycles. The molecule has 2 aliphatic rings. The van der Waals surface area contributed by atoms with Crippen molar-refractivity contribution >= 4 is 17.6 Å². The molecule has 0 saturated heterocycles. The highest BCUT2D eigenvalue weighted by atomic mass is 19.3. The summed E-state index contributed by atoms with van der Waals surface area (Å²) in [6, 6.07) is 5.85. The summed E-state index contributed by atoms with van der Waals surface area (Å²) in [7, 11) is 0. The fourth-order valence-corrected chi connectivity index (χ4v) is 4.00. The average Bonchev–Trinajstić information content (AvgIpc) is 3.17. The van der Waals surface area contributed by atoms with Crippen molar-refractivity contribution in [3.8, 4) is 5.75 Å². The Labute approximate surface area is 144 Å². The van der Waals surface area contributed by atoms with Gasteiger partial charge in [-0.05, 0) is 49.1 Å². The number of halogens is 2. The molecule has 0 unspecified atom stereocenters. The number of esters is 1. The number of carbonyl (C=O) groups excluding carboxylic acids is 2. The minimum Gasteiger partial charge on any atom is -0.456 e. The molecule has 3 rings (SSSR count). The van der Waals surface area contributed by atoms with Crippen LogP contribution >= 0.6 is 0 Å². The number of fused-ring (bicyclic) bond motifs is 2. The molecule has 1 amide bonds. The average molecular weight is 353 g/mol. The second-order valence-electron chi connectivity index (χ2n) is 6.72. The fraction of sp³-hybridized carbons (Fsp3) is 0.556. The van der Waals surface area contributed by atoms with Gasteiger partial charge in [0.05, 0.1) is 5.69 Å². The highest BCUT2D eigenvalue weighted by molar-refractivity contribution is 5.94. The Bertz CT molecular complexity index is 637. The van der Waals surface area contributed by atoms with Crippen molar-refractivity contribution in [3.63, 3.8) is 0 Å². The fourth-order valence-electron chi connectivity index (χ4n) is 4.00. The number of benzene rings is 1. The van der Waals surface area contributed by atoms with Gasteiger partial charge in [0, 0.05) is 6.42 Å². The van der Waals surface area contributed by atoms with E-state index in [1.165, 1.54) is 37.5 Å². The zero-order valence-corrected chi connectivity index (χ0v) is 13.8. The third-order valence-electron chi connectivity index (χ3n) is 5.05. The predicted octanol–water partition coefficient (Wildman–Crippen LogP) is 3.60. The lowest BCUT2D eigenvalue weighted by molar-refractivity contribution is -0.148. The number of amides is 1. The monoisotopic (exact) mass is 353 g/mol. The van der Waals surface area contributed by atoms with Gasteiger partial charge in [-0.15, -0.1) is 0 Å². The molecule has 0 radical (unpaired) electrons. The van der Waals surface area contributed by atoms with Crippen LogP contribution < -0.4 is 10.1 Å². The van der Waals surface area contributed by atoms with E-state index in [4.69, 9.17) is 4.74 Å². The second kappa shape index (κ2) is 7.80. The quantitative estimate of drug-likeness (QED) is 0.761. The van der Waals surface area contributed by atoms with Crippen LogP contribution in [0.25, 0.3) is 0 Å². The maximum Gasteiger partial charge on any atom is 0.387 e. The first-order valence-electron chi connectivity index (χ1n) is 8.50. The van der Waals surface area contributed by atoms with Crippen molar-refractivity contribution in [3.05, 3.63) is 24.3 Å². The van der Waals surface area contributed by atoms with Crippen molar-refractivity contribution < 1.29 is 27.8 Å². The van der Waals surface area contributed by atoms with E-state index in [9.17, 15) is 18.4 Å². The highest BCUT2D eigenvalue weighted by Gasteiger charge is 2.40. The molecule has 0 spiro atoms. The number of para-hydroxylation sites is 2. The zero-order chi connectivity index (χ0) is 17.8. The second-order valence-corrected chi connectivity index (χ2v) is 6.72. The lowest BCUT2D eigenvalue weighted by Gasteiger charge is -2.20. The molecule has 2 bridgehead atoms. The molecule has 2 fully saturated rings. The van der Waals surface area contributed by atoms with Gasteiger partial charge in [-0.3, -0.25) is 9.59 Å². The summed E-state index contributed by atoms with van der Waals surface area (Å²) < 4.78 is 34.0. The number of hydrogen-bond acceptors (Lipinski definition) is 4. The Morgan fingerprint density at radius 3 is 2.68 bits per heavy atom. The Balaban J connectivity index is 1.44. The third kappa shape index (κ3) is 4.67. The van der Waals surface area contributed by atoms with E-state index in [1.54, 1.807) is 6.07 Å². The third-order valence-corrected chi connectivity index (χ3v) is 5.05. The molecule has 5 nitrogen and oxygen atoms in total. The van der Waals surface area contributed by atoms with Crippen LogP contribution in [0.4, 0.5) is 14.5 Å². The number of nitrogens with one attached hydrogen (secondary N) is 1. The van der Waals surface area contributed by atoms with E-state index in [-0.39, 0.29) is 17.4 Å². The summed E-state index contributed by atoms with van der Waals surface area (Å²) in [5.41, 5.74) is 0.108. The van der Waals surface area contributed by atoms with Gasteiger partial charge in [0.2, 0.25) is 0 Å². The Morgan fingerprint density at radius 1 is 1.20 bits per heavy atom. The summed E-state index contributed by atoms with van der Waals surface area (Å²) in [6.45, 7) is -3.43. The van der Waals surface area contributed by atoms with E-state index in [0.29, 0.717) is 18.3 Å². The van der Waals surface area contributed by atoms with Crippen molar-refractivity contribution in [2.24, 2.45) is 17.8 Å². The van der Waals surface area contributed by atoms with Crippen LogP contribution in [0.2, 0.25) is 0 Å². The minimum atomic E-state index is -2.99. The van der Waals surface area contributed by atoms with Gasteiger partial charge in [0.15, 0.2) is 6.61 Å². The lowest BCUT2D eigenvalue weighted by Crippen LogP contribution is -2.23. The van der Waals surface area contributed by atoms with Gasteiger partial charge < -0.3 is 14.8 Å². The SMILES string of the molecule is O=C(COC(=O)C[C@@H]1C[C@@H]2CC[C@@H]1C2)Nc1ccccc1OC(F)F. The number of hydrogen-bond donors (Lipinski definition) is 1. The molecule has 2 aliphatic carbocycles. The minimum absolute atomic E-state index is 0.108. The molecule has 0 aliphatic heterocycles. The van der Waals surface area contributed by atoms with Crippen LogP contribution in [0.3, 0.4) is 0 Å². The molecule has 1 aromatic carbocycles. The van der Waals surface area contributed by atoms with E-state index in [1.807, 2.05) is 0 Å². The molecular weight excluding hydrogens is 332 g/mol. The summed E-state index contributed by atoms with van der Waals surface area (Å²) in [5.74, 6) is 0.618. The molecule has 3 atom stereocenters. The summed E-state index contributed by atoms with van der Waals surface area (Å²) in [6.07, 6.45) is 5.08. The van der Waals surface area contributed by atoms with Gasteiger partial charge in [-0.25, -0.2) is 0 Å². The van der Waals surface area contributed by atoms with Crippen LogP contribution in [0.5, 0.6) is 5.75 Å². The zero-order valence-electron chi connectivity index (χ0n) is 13.8. The molecule has 7 heteroatoms. The predicted molar refractivity (Wildman–Crippen MR) is 86.2 cm³/mol. The first kappa shape index (κ1) is 17.6. The number of anilines is 1. The molecule has 0 aromatic heterocycles. The van der Waals surface area contributed by atoms with Crippen LogP contribution in [-0.4, -0.2) is 25.1 Å². The van der Waals surface area contributed by atoms with E-state index >= 15 is 0 Å². The molecular formula is C18H21F2NO4. The number of rotatable bonds is 7. The van der Waals surface area contributed by atoms with Gasteiger partial charge in [-0.1, -0.05) is 18.6 Å². The maximum atomic E-state index is 12.3. The van der Waals surface area contributed by atoms with Crippen LogP contribution in [0.15, 0.2) is 24.3 Å². The van der Waals surface area contributed by atoms with Crippen molar-refractivity contribution in [1.29, 1.82) is 0 Å². The van der Waals surface area contributed by atoms with Crippen LogP contribution in [0, 0.1) is 17.8 Å². The summed E-state index contributed by atoms with van der Waals surface area (Å²) in [5, 5.41) is 2.42. The van der Waals surface area contributed by atoms with Crippen LogP contribution in [0.1, 0.15) is 32.1 Å². The number of carbonyl (C=O) groups is 2. The van der Waals surface area contributed by atoms with Gasteiger partial charge in [0.25, 0.3) is 5.91 Å². The van der Waals surface area contributed by atoms with E-state index in [2.05, 4.69) is 10.1 Å². The summed E-state index contributed by atoms with van der Waals surface area (Å²) >= 11 is 0. The van der Waals surface area contributed by atoms with E-state index in [0.717, 1.165) is 12.3 Å². The molecule has 2 saturated carbocycles.